The van der Waals surface area contributed by atoms with Gasteiger partial charge in [-0.1, -0.05) is 15.9 Å². The number of hydrogen-bond acceptors (Lipinski definition) is 4. The highest BCUT2D eigenvalue weighted by Gasteiger charge is 2.20. The van der Waals surface area contributed by atoms with Crippen LogP contribution in [0.25, 0.3) is 0 Å². The highest BCUT2D eigenvalue weighted by atomic mass is 79.9. The maximum absolute atomic E-state index is 5.89. The summed E-state index contributed by atoms with van der Waals surface area (Å²) < 4.78 is 8.67. The molecule has 1 N–H and O–H groups in total. The van der Waals surface area contributed by atoms with Gasteiger partial charge in [-0.2, -0.15) is 5.10 Å². The molecule has 3 rings (SSSR count). The number of benzene rings is 1. The van der Waals surface area contributed by atoms with Gasteiger partial charge in [0.25, 0.3) is 0 Å². The molecular weight excluding hydrogens is 320 g/mol. The fraction of sp³-hybridized carbons (Fsp3) is 0.429. The van der Waals surface area contributed by atoms with Gasteiger partial charge in [-0.15, -0.1) is 0 Å². The zero-order valence-corrected chi connectivity index (χ0v) is 12.9. The van der Waals surface area contributed by atoms with Crippen LogP contribution in [0.1, 0.15) is 24.2 Å². The first-order chi connectivity index (χ1) is 9.72. The summed E-state index contributed by atoms with van der Waals surface area (Å²) >= 11 is 3.51. The van der Waals surface area contributed by atoms with Gasteiger partial charge in [-0.25, -0.2) is 4.98 Å². The molecule has 0 aliphatic heterocycles. The first-order valence-corrected chi connectivity index (χ1v) is 7.49. The van der Waals surface area contributed by atoms with E-state index in [2.05, 4.69) is 37.4 Å². The van der Waals surface area contributed by atoms with Gasteiger partial charge in [0.05, 0.1) is 0 Å². The fourth-order valence-corrected chi connectivity index (χ4v) is 2.37. The Morgan fingerprint density at radius 2 is 2.30 bits per heavy atom. The molecule has 1 aliphatic rings. The number of aromatic nitrogens is 3. The van der Waals surface area contributed by atoms with Crippen LogP contribution in [0.15, 0.2) is 29.0 Å². The second kappa shape index (κ2) is 5.93. The minimum absolute atomic E-state index is 0.425. The van der Waals surface area contributed by atoms with Gasteiger partial charge in [-0.05, 0) is 31.0 Å². The van der Waals surface area contributed by atoms with E-state index in [1.807, 2.05) is 19.2 Å². The monoisotopic (exact) mass is 336 g/mol. The number of aryl methyl sites for hydroxylation is 1. The van der Waals surface area contributed by atoms with Crippen LogP contribution in [-0.2, 0) is 20.2 Å². The van der Waals surface area contributed by atoms with E-state index in [9.17, 15) is 0 Å². The normalized spacial score (nSPS) is 14.5. The maximum atomic E-state index is 5.89. The van der Waals surface area contributed by atoms with Crippen molar-refractivity contribution < 1.29 is 4.74 Å². The zero-order chi connectivity index (χ0) is 13.9. The predicted octanol–water partition coefficient (Wildman–Crippen LogP) is 2.41. The molecule has 5 nitrogen and oxygen atoms in total. The standard InChI is InChI=1S/C14H17BrN4O/c1-19-14(17-9-18-19)8-20-13-5-2-11(15)6-10(13)7-16-12-3-4-12/h2,5-6,9,12,16H,3-4,7-8H2,1H3. The number of hydrogen-bond donors (Lipinski definition) is 1. The molecule has 106 valence electrons. The van der Waals surface area contributed by atoms with Crippen molar-refractivity contribution in [3.63, 3.8) is 0 Å². The van der Waals surface area contributed by atoms with Gasteiger partial charge in [-0.3, -0.25) is 4.68 Å². The number of rotatable bonds is 6. The summed E-state index contributed by atoms with van der Waals surface area (Å²) in [6.07, 6.45) is 4.10. The molecule has 0 unspecified atom stereocenters. The average molecular weight is 337 g/mol. The van der Waals surface area contributed by atoms with Crippen LogP contribution in [0.5, 0.6) is 5.75 Å². The molecule has 1 fully saturated rings. The fourth-order valence-electron chi connectivity index (χ4n) is 1.96. The van der Waals surface area contributed by atoms with Crippen molar-refractivity contribution in [3.8, 4) is 5.75 Å². The molecule has 6 heteroatoms. The quantitative estimate of drug-likeness (QED) is 0.880. The molecule has 2 aromatic rings. The molecule has 0 atom stereocenters. The largest absolute Gasteiger partial charge is 0.485 e. The summed E-state index contributed by atoms with van der Waals surface area (Å²) in [5, 5.41) is 7.55. The third-order valence-electron chi connectivity index (χ3n) is 3.34. The first kappa shape index (κ1) is 13.6. The molecule has 0 saturated heterocycles. The van der Waals surface area contributed by atoms with Gasteiger partial charge in [0.1, 0.15) is 18.7 Å². The molecule has 1 aliphatic carbocycles. The lowest BCUT2D eigenvalue weighted by Gasteiger charge is -2.12. The molecule has 1 aromatic carbocycles. The predicted molar refractivity (Wildman–Crippen MR) is 79.3 cm³/mol. The summed E-state index contributed by atoms with van der Waals surface area (Å²) in [6.45, 7) is 1.26. The van der Waals surface area contributed by atoms with Crippen LogP contribution in [-0.4, -0.2) is 20.8 Å². The van der Waals surface area contributed by atoms with Crippen LogP contribution >= 0.6 is 15.9 Å². The zero-order valence-electron chi connectivity index (χ0n) is 11.3. The second-order valence-corrected chi connectivity index (χ2v) is 5.91. The van der Waals surface area contributed by atoms with Gasteiger partial charge >= 0.3 is 0 Å². The lowest BCUT2D eigenvalue weighted by atomic mass is 10.2. The maximum Gasteiger partial charge on any atom is 0.164 e. The molecule has 1 heterocycles. The minimum Gasteiger partial charge on any atom is -0.485 e. The SMILES string of the molecule is Cn1ncnc1COc1ccc(Br)cc1CNC1CC1. The molecule has 0 radical (unpaired) electrons. The summed E-state index contributed by atoms with van der Waals surface area (Å²) in [6, 6.07) is 6.76. The van der Waals surface area contributed by atoms with E-state index in [1.165, 1.54) is 19.2 Å². The Bertz CT molecular complexity index is 595. The molecule has 20 heavy (non-hydrogen) atoms. The lowest BCUT2D eigenvalue weighted by molar-refractivity contribution is 0.286. The molecule has 1 saturated carbocycles. The van der Waals surface area contributed by atoms with Crippen molar-refractivity contribution in [2.24, 2.45) is 7.05 Å². The van der Waals surface area contributed by atoms with Gasteiger partial charge in [0.2, 0.25) is 0 Å². The Hall–Kier alpha value is -1.40. The van der Waals surface area contributed by atoms with E-state index in [0.29, 0.717) is 12.6 Å². The van der Waals surface area contributed by atoms with E-state index >= 15 is 0 Å². The molecule has 0 amide bonds. The van der Waals surface area contributed by atoms with Crippen LogP contribution in [0, 0.1) is 0 Å². The smallest absolute Gasteiger partial charge is 0.164 e. The highest BCUT2D eigenvalue weighted by molar-refractivity contribution is 9.10. The second-order valence-electron chi connectivity index (χ2n) is 5.00. The Balaban J connectivity index is 1.68. The van der Waals surface area contributed by atoms with E-state index in [-0.39, 0.29) is 0 Å². The Labute approximate surface area is 126 Å². The highest BCUT2D eigenvalue weighted by Crippen LogP contribution is 2.26. The van der Waals surface area contributed by atoms with Crippen molar-refractivity contribution in [3.05, 3.63) is 40.4 Å². The Morgan fingerprint density at radius 3 is 3.00 bits per heavy atom. The summed E-state index contributed by atoms with van der Waals surface area (Å²) in [5.41, 5.74) is 1.16. The lowest BCUT2D eigenvalue weighted by Crippen LogP contribution is -2.16. The average Bonchev–Trinajstić information content (AvgIpc) is 3.18. The Morgan fingerprint density at radius 1 is 1.45 bits per heavy atom. The van der Waals surface area contributed by atoms with E-state index in [0.717, 1.165) is 28.2 Å². The summed E-state index contributed by atoms with van der Waals surface area (Å²) in [7, 11) is 1.86. The number of ether oxygens (including phenoxy) is 1. The molecule has 1 aromatic heterocycles. The van der Waals surface area contributed by atoms with Crippen LogP contribution < -0.4 is 10.1 Å². The van der Waals surface area contributed by atoms with Crippen LogP contribution in [0.2, 0.25) is 0 Å². The number of nitrogens with zero attached hydrogens (tertiary/aromatic N) is 3. The topological polar surface area (TPSA) is 52.0 Å². The van der Waals surface area contributed by atoms with Crippen molar-refractivity contribution in [1.29, 1.82) is 0 Å². The number of halogens is 1. The van der Waals surface area contributed by atoms with E-state index in [1.54, 1.807) is 4.68 Å². The van der Waals surface area contributed by atoms with Crippen molar-refractivity contribution >= 4 is 15.9 Å². The van der Waals surface area contributed by atoms with Crippen LogP contribution in [0.4, 0.5) is 0 Å². The summed E-state index contributed by atoms with van der Waals surface area (Å²) in [5.74, 6) is 1.71. The summed E-state index contributed by atoms with van der Waals surface area (Å²) in [4.78, 5) is 4.16. The first-order valence-electron chi connectivity index (χ1n) is 6.70. The van der Waals surface area contributed by atoms with E-state index < -0.39 is 0 Å². The third-order valence-corrected chi connectivity index (χ3v) is 3.84. The van der Waals surface area contributed by atoms with Gasteiger partial charge < -0.3 is 10.1 Å². The third kappa shape index (κ3) is 3.37. The van der Waals surface area contributed by atoms with E-state index in [4.69, 9.17) is 4.74 Å². The minimum atomic E-state index is 0.425. The Kier molecular flexibility index (Phi) is 4.03. The van der Waals surface area contributed by atoms with Gasteiger partial charge in [0.15, 0.2) is 5.82 Å². The van der Waals surface area contributed by atoms with Crippen molar-refractivity contribution in [1.82, 2.24) is 20.1 Å². The number of nitrogens with one attached hydrogen (secondary N) is 1. The molecule has 0 bridgehead atoms. The van der Waals surface area contributed by atoms with Crippen molar-refractivity contribution in [2.45, 2.75) is 32.0 Å². The molecular formula is C14H17BrN4O. The van der Waals surface area contributed by atoms with Gasteiger partial charge in [0, 0.05) is 29.7 Å². The van der Waals surface area contributed by atoms with Crippen molar-refractivity contribution in [2.75, 3.05) is 0 Å². The molecule has 0 spiro atoms. The van der Waals surface area contributed by atoms with Crippen LogP contribution in [0.3, 0.4) is 0 Å².